The van der Waals surface area contributed by atoms with E-state index in [1.54, 1.807) is 0 Å². The second-order valence-electron chi connectivity index (χ2n) is 4.11. The van der Waals surface area contributed by atoms with Crippen molar-refractivity contribution in [3.05, 3.63) is 0 Å². The zero-order valence-corrected chi connectivity index (χ0v) is 7.29. The molecule has 2 N–H and O–H groups in total. The maximum Gasteiger partial charge on any atom is 0.00956 e. The summed E-state index contributed by atoms with van der Waals surface area (Å²) in [6.45, 7) is 2.35. The van der Waals surface area contributed by atoms with Crippen LogP contribution in [0, 0.1) is 11.3 Å². The highest BCUT2D eigenvalue weighted by molar-refractivity contribution is 5.85. The molecule has 0 aromatic rings. The van der Waals surface area contributed by atoms with Gasteiger partial charge in [-0.2, -0.15) is 0 Å². The molecule has 0 radical (unpaired) electrons. The Kier molecular flexibility index (Phi) is 1.99. The van der Waals surface area contributed by atoms with E-state index < -0.39 is 0 Å². The van der Waals surface area contributed by atoms with Crippen molar-refractivity contribution in [1.82, 2.24) is 0 Å². The summed E-state index contributed by atoms with van der Waals surface area (Å²) in [5.41, 5.74) is 6.50. The Morgan fingerprint density at radius 1 is 1.50 bits per heavy atom. The van der Waals surface area contributed by atoms with Crippen LogP contribution in [-0.4, -0.2) is 6.04 Å². The zero-order chi connectivity index (χ0) is 6.48. The molecule has 0 aliphatic heterocycles. The standard InChI is InChI=1S/C8H15N.ClH/c1-8-3-2-6(5-8)4-7(8)9;/h6-7H,2-5,9H2,1H3;1H/t6-,7-,8-;/m0./s1. The Hall–Kier alpha value is 0.250. The van der Waals surface area contributed by atoms with E-state index >= 15 is 0 Å². The minimum atomic E-state index is 0. The van der Waals surface area contributed by atoms with Crippen molar-refractivity contribution < 1.29 is 0 Å². The molecule has 2 bridgehead atoms. The van der Waals surface area contributed by atoms with Gasteiger partial charge in [-0.05, 0) is 37.0 Å². The molecule has 10 heavy (non-hydrogen) atoms. The Morgan fingerprint density at radius 2 is 2.20 bits per heavy atom. The van der Waals surface area contributed by atoms with Crippen molar-refractivity contribution in [3.63, 3.8) is 0 Å². The van der Waals surface area contributed by atoms with Crippen molar-refractivity contribution in [2.75, 3.05) is 0 Å². The molecule has 2 saturated carbocycles. The monoisotopic (exact) mass is 161 g/mol. The van der Waals surface area contributed by atoms with Crippen LogP contribution in [0.5, 0.6) is 0 Å². The van der Waals surface area contributed by atoms with E-state index in [1.165, 1.54) is 25.7 Å². The van der Waals surface area contributed by atoms with Crippen molar-refractivity contribution in [2.45, 2.75) is 38.6 Å². The third kappa shape index (κ3) is 0.960. The highest BCUT2D eigenvalue weighted by Gasteiger charge is 2.46. The SMILES string of the molecule is C[C@@]12CC[C@@H](C[C@@H]1N)C2.Cl. The number of rotatable bonds is 0. The second-order valence-corrected chi connectivity index (χ2v) is 4.11. The van der Waals surface area contributed by atoms with Crippen LogP contribution in [0.3, 0.4) is 0 Å². The second kappa shape index (κ2) is 2.38. The predicted octanol–water partition coefficient (Wildman–Crippen LogP) is 1.95. The molecule has 2 aliphatic carbocycles. The molecule has 2 heteroatoms. The van der Waals surface area contributed by atoms with Crippen molar-refractivity contribution in [1.29, 1.82) is 0 Å². The van der Waals surface area contributed by atoms with Crippen LogP contribution in [0.25, 0.3) is 0 Å². The van der Waals surface area contributed by atoms with Crippen LogP contribution in [0.15, 0.2) is 0 Å². The van der Waals surface area contributed by atoms with Gasteiger partial charge in [-0.3, -0.25) is 0 Å². The fourth-order valence-electron chi connectivity index (χ4n) is 2.58. The van der Waals surface area contributed by atoms with E-state index in [2.05, 4.69) is 6.92 Å². The van der Waals surface area contributed by atoms with Crippen LogP contribution >= 0.6 is 12.4 Å². The Bertz CT molecular complexity index is 137. The number of hydrogen-bond acceptors (Lipinski definition) is 1. The van der Waals surface area contributed by atoms with Gasteiger partial charge in [0.15, 0.2) is 0 Å². The summed E-state index contributed by atoms with van der Waals surface area (Å²) in [6.07, 6.45) is 5.55. The van der Waals surface area contributed by atoms with Gasteiger partial charge in [0.2, 0.25) is 0 Å². The van der Waals surface area contributed by atoms with E-state index in [4.69, 9.17) is 5.73 Å². The molecule has 2 aliphatic rings. The number of hydrogen-bond donors (Lipinski definition) is 1. The molecule has 0 aromatic heterocycles. The lowest BCUT2D eigenvalue weighted by Gasteiger charge is -2.27. The normalized spacial score (nSPS) is 51.0. The van der Waals surface area contributed by atoms with Gasteiger partial charge >= 0.3 is 0 Å². The molecule has 3 atom stereocenters. The minimum Gasteiger partial charge on any atom is -0.327 e. The maximum atomic E-state index is 5.95. The van der Waals surface area contributed by atoms with Crippen LogP contribution in [0.4, 0.5) is 0 Å². The first-order chi connectivity index (χ1) is 4.21. The number of fused-ring (bicyclic) bond motifs is 2. The van der Waals surface area contributed by atoms with E-state index in [0.717, 1.165) is 5.92 Å². The van der Waals surface area contributed by atoms with E-state index in [0.29, 0.717) is 11.5 Å². The molecule has 0 heterocycles. The number of halogens is 1. The largest absolute Gasteiger partial charge is 0.327 e. The summed E-state index contributed by atoms with van der Waals surface area (Å²) in [5.74, 6) is 0.991. The summed E-state index contributed by atoms with van der Waals surface area (Å²) < 4.78 is 0. The van der Waals surface area contributed by atoms with Gasteiger partial charge in [0.05, 0.1) is 0 Å². The van der Waals surface area contributed by atoms with Gasteiger partial charge in [0.25, 0.3) is 0 Å². The summed E-state index contributed by atoms with van der Waals surface area (Å²) in [4.78, 5) is 0. The van der Waals surface area contributed by atoms with Crippen LogP contribution in [0.2, 0.25) is 0 Å². The van der Waals surface area contributed by atoms with E-state index in [9.17, 15) is 0 Å². The van der Waals surface area contributed by atoms with E-state index in [1.807, 2.05) is 0 Å². The summed E-state index contributed by atoms with van der Waals surface area (Å²) in [6, 6.07) is 0.524. The van der Waals surface area contributed by atoms with Crippen molar-refractivity contribution >= 4 is 12.4 Å². The first kappa shape index (κ1) is 8.35. The van der Waals surface area contributed by atoms with Gasteiger partial charge in [-0.15, -0.1) is 12.4 Å². The predicted molar refractivity (Wildman–Crippen MR) is 45.3 cm³/mol. The van der Waals surface area contributed by atoms with Crippen LogP contribution < -0.4 is 5.73 Å². The molecular formula is C8H16ClN. The average Bonchev–Trinajstić information content (AvgIpc) is 2.22. The quantitative estimate of drug-likeness (QED) is 0.578. The molecule has 0 amide bonds. The van der Waals surface area contributed by atoms with Gasteiger partial charge in [0.1, 0.15) is 0 Å². The third-order valence-electron chi connectivity index (χ3n) is 3.36. The summed E-state index contributed by atoms with van der Waals surface area (Å²) >= 11 is 0. The Balaban J connectivity index is 0.000000500. The van der Waals surface area contributed by atoms with Crippen molar-refractivity contribution in [3.8, 4) is 0 Å². The lowest BCUT2D eigenvalue weighted by Crippen LogP contribution is -2.34. The molecule has 0 saturated heterocycles. The smallest absolute Gasteiger partial charge is 0.00956 e. The highest BCUT2D eigenvalue weighted by atomic mass is 35.5. The van der Waals surface area contributed by atoms with Crippen molar-refractivity contribution in [2.24, 2.45) is 17.1 Å². The maximum absolute atomic E-state index is 5.95. The molecule has 0 unspecified atom stereocenters. The lowest BCUT2D eigenvalue weighted by atomic mass is 9.83. The van der Waals surface area contributed by atoms with Gasteiger partial charge in [0, 0.05) is 6.04 Å². The fourth-order valence-corrected chi connectivity index (χ4v) is 2.58. The van der Waals surface area contributed by atoms with Crippen LogP contribution in [-0.2, 0) is 0 Å². The zero-order valence-electron chi connectivity index (χ0n) is 6.47. The molecule has 60 valence electrons. The summed E-state index contributed by atoms with van der Waals surface area (Å²) in [7, 11) is 0. The third-order valence-corrected chi connectivity index (χ3v) is 3.36. The average molecular weight is 162 g/mol. The van der Waals surface area contributed by atoms with Gasteiger partial charge < -0.3 is 5.73 Å². The number of nitrogens with two attached hydrogens (primary N) is 1. The molecule has 0 spiro atoms. The van der Waals surface area contributed by atoms with E-state index in [-0.39, 0.29) is 12.4 Å². The Morgan fingerprint density at radius 3 is 2.40 bits per heavy atom. The summed E-state index contributed by atoms with van der Waals surface area (Å²) in [5, 5.41) is 0. The van der Waals surface area contributed by atoms with Crippen LogP contribution in [0.1, 0.15) is 32.6 Å². The minimum absolute atomic E-state index is 0. The first-order valence-electron chi connectivity index (χ1n) is 3.96. The molecule has 1 nitrogen and oxygen atoms in total. The first-order valence-corrected chi connectivity index (χ1v) is 3.96. The van der Waals surface area contributed by atoms with Gasteiger partial charge in [-0.25, -0.2) is 0 Å². The fraction of sp³-hybridized carbons (Fsp3) is 1.00. The Labute approximate surface area is 68.8 Å². The lowest BCUT2D eigenvalue weighted by molar-refractivity contribution is 0.282. The molecular weight excluding hydrogens is 146 g/mol. The highest BCUT2D eigenvalue weighted by Crippen LogP contribution is 2.52. The molecule has 2 rings (SSSR count). The molecule has 2 fully saturated rings. The van der Waals surface area contributed by atoms with Gasteiger partial charge in [-0.1, -0.05) is 6.92 Å². The topological polar surface area (TPSA) is 26.0 Å². The molecule has 0 aromatic carbocycles.